The molecule has 0 aromatic heterocycles. The predicted molar refractivity (Wildman–Crippen MR) is 93.6 cm³/mol. The lowest BCUT2D eigenvalue weighted by atomic mass is 9.70. The van der Waals surface area contributed by atoms with Crippen molar-refractivity contribution in [2.75, 3.05) is 20.1 Å². The number of rotatable bonds is 9. The number of nitrogens with zero attached hydrogens (tertiary/aromatic N) is 1. The molecule has 1 aliphatic rings. The smallest absolute Gasteiger partial charge is 0.0464 e. The van der Waals surface area contributed by atoms with Gasteiger partial charge in [0.05, 0.1) is 0 Å². The number of nitrogens with one attached hydrogen (secondary N) is 2. The van der Waals surface area contributed by atoms with Crippen LogP contribution in [-0.2, 0) is 0 Å². The number of hydrazone groups is 1. The van der Waals surface area contributed by atoms with Crippen molar-refractivity contribution in [2.24, 2.45) is 10.5 Å². The van der Waals surface area contributed by atoms with Crippen LogP contribution in [0.2, 0.25) is 0 Å². The lowest BCUT2D eigenvalue weighted by Gasteiger charge is -2.35. The van der Waals surface area contributed by atoms with E-state index < -0.39 is 0 Å². The van der Waals surface area contributed by atoms with Gasteiger partial charge in [0.2, 0.25) is 0 Å². The summed E-state index contributed by atoms with van der Waals surface area (Å²) < 4.78 is 0. The molecule has 1 aliphatic carbocycles. The van der Waals surface area contributed by atoms with Crippen molar-refractivity contribution in [3.8, 4) is 0 Å². The summed E-state index contributed by atoms with van der Waals surface area (Å²) in [5.74, 6) is 0. The van der Waals surface area contributed by atoms with Crippen LogP contribution in [0, 0.1) is 5.41 Å². The van der Waals surface area contributed by atoms with E-state index in [4.69, 9.17) is 0 Å². The molecule has 0 spiro atoms. The summed E-state index contributed by atoms with van der Waals surface area (Å²) >= 11 is 0. The highest BCUT2D eigenvalue weighted by Crippen LogP contribution is 2.42. The van der Waals surface area contributed by atoms with Gasteiger partial charge in [0.1, 0.15) is 0 Å². The van der Waals surface area contributed by atoms with Crippen LogP contribution in [0.4, 0.5) is 0 Å². The third kappa shape index (κ3) is 5.35. The van der Waals surface area contributed by atoms with E-state index in [2.05, 4.69) is 53.7 Å². The molecule has 0 amide bonds. The van der Waals surface area contributed by atoms with E-state index in [-0.39, 0.29) is 5.41 Å². The van der Waals surface area contributed by atoms with E-state index in [0.29, 0.717) is 0 Å². The first kappa shape index (κ1) is 17.4. The second kappa shape index (κ2) is 9.35. The van der Waals surface area contributed by atoms with Crippen LogP contribution in [0.1, 0.15) is 33.1 Å². The maximum atomic E-state index is 4.10. The summed E-state index contributed by atoms with van der Waals surface area (Å²) in [5, 5.41) is 7.32. The van der Waals surface area contributed by atoms with Crippen molar-refractivity contribution in [1.82, 2.24) is 10.7 Å². The highest BCUT2D eigenvalue weighted by Gasteiger charge is 2.30. The Morgan fingerprint density at radius 1 is 1.48 bits per heavy atom. The zero-order valence-corrected chi connectivity index (χ0v) is 13.7. The van der Waals surface area contributed by atoms with Gasteiger partial charge in [-0.2, -0.15) is 5.10 Å². The fourth-order valence-electron chi connectivity index (χ4n) is 2.57. The Morgan fingerprint density at radius 3 is 2.95 bits per heavy atom. The minimum atomic E-state index is 0.0544. The Hall–Kier alpha value is -1.61. The average Bonchev–Trinajstić information content (AvgIpc) is 2.50. The van der Waals surface area contributed by atoms with E-state index in [1.165, 1.54) is 11.1 Å². The highest BCUT2D eigenvalue weighted by atomic mass is 15.3. The van der Waals surface area contributed by atoms with Crippen molar-refractivity contribution < 1.29 is 0 Å². The normalized spacial score (nSPS) is 22.4. The first-order valence-corrected chi connectivity index (χ1v) is 7.75. The minimum absolute atomic E-state index is 0.0544. The van der Waals surface area contributed by atoms with Gasteiger partial charge in [-0.25, -0.2) is 0 Å². The number of hydrogen-bond acceptors (Lipinski definition) is 3. The summed E-state index contributed by atoms with van der Waals surface area (Å²) in [5.41, 5.74) is 5.81. The zero-order valence-electron chi connectivity index (χ0n) is 13.7. The van der Waals surface area contributed by atoms with E-state index in [0.717, 1.165) is 32.4 Å². The summed E-state index contributed by atoms with van der Waals surface area (Å²) in [6, 6.07) is 0. The van der Waals surface area contributed by atoms with Crippen molar-refractivity contribution in [2.45, 2.75) is 33.1 Å². The van der Waals surface area contributed by atoms with Crippen molar-refractivity contribution >= 4 is 6.21 Å². The van der Waals surface area contributed by atoms with Gasteiger partial charge >= 0.3 is 0 Å². The molecule has 1 unspecified atom stereocenters. The molecular formula is C18H29N3. The molecule has 21 heavy (non-hydrogen) atoms. The monoisotopic (exact) mass is 287 g/mol. The van der Waals surface area contributed by atoms with Crippen LogP contribution in [0.3, 0.4) is 0 Å². The molecule has 3 nitrogen and oxygen atoms in total. The predicted octanol–water partition coefficient (Wildman–Crippen LogP) is 3.59. The second-order valence-electron chi connectivity index (χ2n) is 5.46. The van der Waals surface area contributed by atoms with Gasteiger partial charge in [-0.1, -0.05) is 35.5 Å². The lowest BCUT2D eigenvalue weighted by Crippen LogP contribution is -2.24. The van der Waals surface area contributed by atoms with Gasteiger partial charge in [0.15, 0.2) is 0 Å². The maximum absolute atomic E-state index is 4.10. The summed E-state index contributed by atoms with van der Waals surface area (Å²) in [4.78, 5) is 0. The maximum Gasteiger partial charge on any atom is 0.0464 e. The van der Waals surface area contributed by atoms with Gasteiger partial charge in [-0.05, 0) is 52.8 Å². The average molecular weight is 287 g/mol. The third-order valence-electron chi connectivity index (χ3n) is 3.89. The molecule has 0 saturated carbocycles. The van der Waals surface area contributed by atoms with E-state index in [9.17, 15) is 0 Å². The molecule has 3 heteroatoms. The molecule has 116 valence electrons. The van der Waals surface area contributed by atoms with Gasteiger partial charge in [0.25, 0.3) is 0 Å². The Morgan fingerprint density at radius 2 is 2.29 bits per heavy atom. The summed E-state index contributed by atoms with van der Waals surface area (Å²) in [7, 11) is 2.00. The third-order valence-corrected chi connectivity index (χ3v) is 3.89. The lowest BCUT2D eigenvalue weighted by molar-refractivity contribution is 0.446. The Labute approximate surface area is 129 Å². The molecule has 0 aromatic rings. The van der Waals surface area contributed by atoms with Crippen LogP contribution in [0.25, 0.3) is 0 Å². The van der Waals surface area contributed by atoms with Gasteiger partial charge in [-0.3, -0.25) is 0 Å². The molecular weight excluding hydrogens is 258 g/mol. The molecule has 0 radical (unpaired) electrons. The second-order valence-corrected chi connectivity index (χ2v) is 5.46. The molecule has 0 heterocycles. The Balaban J connectivity index is 2.76. The van der Waals surface area contributed by atoms with Crippen LogP contribution < -0.4 is 10.7 Å². The number of allylic oxidation sites excluding steroid dienone is 6. The molecule has 0 bridgehead atoms. The van der Waals surface area contributed by atoms with Gasteiger partial charge in [0, 0.05) is 18.2 Å². The largest absolute Gasteiger partial charge is 0.319 e. The molecule has 1 atom stereocenters. The quantitative estimate of drug-likeness (QED) is 0.386. The van der Waals surface area contributed by atoms with Gasteiger partial charge < -0.3 is 10.7 Å². The summed E-state index contributed by atoms with van der Waals surface area (Å²) in [6.45, 7) is 10.2. The summed E-state index contributed by atoms with van der Waals surface area (Å²) in [6.07, 6.45) is 15.8. The molecule has 0 saturated heterocycles. The molecule has 0 aliphatic heterocycles. The Bertz CT molecular complexity index is 443. The van der Waals surface area contributed by atoms with E-state index >= 15 is 0 Å². The highest BCUT2D eigenvalue weighted by molar-refractivity contribution is 5.70. The first-order chi connectivity index (χ1) is 10.2. The molecule has 1 rings (SSSR count). The minimum Gasteiger partial charge on any atom is -0.319 e. The van der Waals surface area contributed by atoms with Crippen molar-refractivity contribution in [3.05, 3.63) is 48.1 Å². The molecule has 0 fully saturated rings. The van der Waals surface area contributed by atoms with Crippen LogP contribution in [0.15, 0.2) is 53.2 Å². The van der Waals surface area contributed by atoms with Crippen molar-refractivity contribution in [1.29, 1.82) is 0 Å². The topological polar surface area (TPSA) is 36.4 Å². The van der Waals surface area contributed by atoms with Crippen LogP contribution in [0.5, 0.6) is 0 Å². The van der Waals surface area contributed by atoms with E-state index in [1.807, 2.05) is 20.0 Å². The molecule has 0 aromatic carbocycles. The fourth-order valence-corrected chi connectivity index (χ4v) is 2.57. The number of hydrogen-bond donors (Lipinski definition) is 2. The van der Waals surface area contributed by atoms with E-state index in [1.54, 1.807) is 6.21 Å². The SMILES string of the molecule is C=CC1(C/C=C/C=N\NCC)CC=C(C)C=C1CCNC. The zero-order chi connectivity index (χ0) is 15.6. The van der Waals surface area contributed by atoms with Crippen molar-refractivity contribution in [3.63, 3.8) is 0 Å². The van der Waals surface area contributed by atoms with Gasteiger partial charge in [-0.15, -0.1) is 6.58 Å². The standard InChI is InChI=1S/C18H29N3/c1-5-18(11-7-8-13-21-20-6-2)12-9-16(3)15-17(18)10-14-19-4/h5,7-9,13,15,19-20H,1,6,10-12,14H2,2-4H3/b8-7+,21-13-. The Kier molecular flexibility index (Phi) is 7.76. The fraction of sp³-hybridized carbons (Fsp3) is 0.500. The molecule has 2 N–H and O–H groups in total. The first-order valence-electron chi connectivity index (χ1n) is 7.75. The van der Waals surface area contributed by atoms with Crippen LogP contribution >= 0.6 is 0 Å². The van der Waals surface area contributed by atoms with Crippen LogP contribution in [-0.4, -0.2) is 26.4 Å².